The molecule has 1 saturated heterocycles. The number of hydrogen-bond donors (Lipinski definition) is 4. The summed E-state index contributed by atoms with van der Waals surface area (Å²) >= 11 is 0. The van der Waals surface area contributed by atoms with Crippen LogP contribution >= 0.6 is 15.6 Å². The van der Waals surface area contributed by atoms with Gasteiger partial charge in [0, 0.05) is 30.1 Å². The van der Waals surface area contributed by atoms with Gasteiger partial charge < -0.3 is 19.7 Å². The molecule has 2 unspecified atom stereocenters. The summed E-state index contributed by atoms with van der Waals surface area (Å²) in [5, 5.41) is 1.55. The number of hydrogen-bond acceptors (Lipinski definition) is 6. The van der Waals surface area contributed by atoms with Gasteiger partial charge in [0.2, 0.25) is 0 Å². The topological polar surface area (TPSA) is 149 Å². The summed E-state index contributed by atoms with van der Waals surface area (Å²) in [6, 6.07) is 7.35. The van der Waals surface area contributed by atoms with E-state index in [-0.39, 0.29) is 18.2 Å². The molecule has 4 N–H and O–H groups in total. The van der Waals surface area contributed by atoms with Gasteiger partial charge in [-0.15, -0.1) is 0 Å². The maximum Gasteiger partial charge on any atom is 0.481 e. The summed E-state index contributed by atoms with van der Waals surface area (Å²) < 4.78 is 30.9. The van der Waals surface area contributed by atoms with Crippen LogP contribution in [-0.2, 0) is 24.4 Å². The van der Waals surface area contributed by atoms with Gasteiger partial charge >= 0.3 is 15.6 Å². The van der Waals surface area contributed by atoms with Crippen LogP contribution in [0.15, 0.2) is 29.1 Å². The zero-order valence-electron chi connectivity index (χ0n) is 15.9. The van der Waals surface area contributed by atoms with Gasteiger partial charge in [-0.1, -0.05) is 12.1 Å². The van der Waals surface area contributed by atoms with E-state index in [4.69, 9.17) is 14.3 Å². The number of H-pyrrole nitrogens is 1. The fourth-order valence-electron chi connectivity index (χ4n) is 3.61. The SMILES string of the molecule is Cc1cccc2c(=O)[nH]c(CCN3CCCC3COP(=O)(O)OP(=O)(O)O)cc12. The third kappa shape index (κ3) is 6.07. The first-order valence-electron chi connectivity index (χ1n) is 9.14. The monoisotopic (exact) mass is 446 g/mol. The number of rotatable bonds is 8. The summed E-state index contributed by atoms with van der Waals surface area (Å²) in [5.41, 5.74) is 1.67. The molecular weight excluding hydrogens is 422 g/mol. The number of aromatic nitrogens is 1. The average Bonchev–Trinajstić information content (AvgIpc) is 3.05. The van der Waals surface area contributed by atoms with E-state index >= 15 is 0 Å². The van der Waals surface area contributed by atoms with Crippen molar-refractivity contribution in [2.24, 2.45) is 0 Å². The molecule has 0 saturated carbocycles. The molecule has 0 amide bonds. The quantitative estimate of drug-likeness (QED) is 0.447. The van der Waals surface area contributed by atoms with Gasteiger partial charge in [0.25, 0.3) is 5.56 Å². The largest absolute Gasteiger partial charge is 0.481 e. The van der Waals surface area contributed by atoms with E-state index in [1.54, 1.807) is 6.07 Å². The van der Waals surface area contributed by atoms with Crippen LogP contribution in [0, 0.1) is 6.92 Å². The van der Waals surface area contributed by atoms with Crippen LogP contribution in [0.4, 0.5) is 0 Å². The Hall–Kier alpha value is -1.35. The fourth-order valence-corrected chi connectivity index (χ4v) is 5.23. The molecule has 12 heteroatoms. The Bertz CT molecular complexity index is 1030. The third-order valence-corrected chi connectivity index (χ3v) is 7.12. The van der Waals surface area contributed by atoms with Crippen molar-refractivity contribution in [3.05, 3.63) is 45.9 Å². The summed E-state index contributed by atoms with van der Waals surface area (Å²) in [6.07, 6.45) is 2.14. The Morgan fingerprint density at radius 1 is 1.24 bits per heavy atom. The molecule has 0 radical (unpaired) electrons. The predicted octanol–water partition coefficient (Wildman–Crippen LogP) is 2.07. The Morgan fingerprint density at radius 2 is 2.00 bits per heavy atom. The summed E-state index contributed by atoms with van der Waals surface area (Å²) in [6.45, 7) is 3.10. The number of phosphoric ester groups is 1. The molecule has 10 nitrogen and oxygen atoms in total. The second kappa shape index (κ2) is 8.79. The molecule has 0 aliphatic carbocycles. The van der Waals surface area contributed by atoms with E-state index in [0.29, 0.717) is 24.8 Å². The van der Waals surface area contributed by atoms with Crippen LogP contribution in [-0.4, -0.2) is 50.3 Å². The van der Waals surface area contributed by atoms with E-state index in [2.05, 4.69) is 14.2 Å². The molecule has 1 aliphatic rings. The lowest BCUT2D eigenvalue weighted by Crippen LogP contribution is -2.34. The number of pyridine rings is 1. The lowest BCUT2D eigenvalue weighted by Gasteiger charge is -2.25. The van der Waals surface area contributed by atoms with Gasteiger partial charge in [0.05, 0.1) is 6.61 Å². The number of phosphoric acid groups is 2. The van der Waals surface area contributed by atoms with Crippen molar-refractivity contribution in [1.29, 1.82) is 0 Å². The third-order valence-electron chi connectivity index (χ3n) is 4.97. The molecule has 1 aromatic heterocycles. The lowest BCUT2D eigenvalue weighted by atomic mass is 10.1. The molecule has 0 spiro atoms. The van der Waals surface area contributed by atoms with E-state index in [9.17, 15) is 18.8 Å². The second-order valence-corrected chi connectivity index (χ2v) is 9.91. The first-order valence-corrected chi connectivity index (χ1v) is 12.2. The molecule has 0 bridgehead atoms. The van der Waals surface area contributed by atoms with Crippen LogP contribution in [0.1, 0.15) is 24.1 Å². The molecule has 1 aromatic carbocycles. The van der Waals surface area contributed by atoms with E-state index in [1.165, 1.54) is 0 Å². The van der Waals surface area contributed by atoms with Crippen molar-refractivity contribution in [3.63, 3.8) is 0 Å². The fraction of sp³-hybridized carbons (Fsp3) is 0.471. The van der Waals surface area contributed by atoms with Crippen LogP contribution in [0.2, 0.25) is 0 Å². The summed E-state index contributed by atoms with van der Waals surface area (Å²) in [4.78, 5) is 44.0. The first kappa shape index (κ1) is 22.3. The summed E-state index contributed by atoms with van der Waals surface area (Å²) in [7, 11) is -9.98. The number of nitrogens with zero attached hydrogens (tertiary/aromatic N) is 1. The van der Waals surface area contributed by atoms with E-state index in [1.807, 2.05) is 25.1 Å². The highest BCUT2D eigenvalue weighted by atomic mass is 31.3. The van der Waals surface area contributed by atoms with Gasteiger partial charge in [-0.05, 0) is 49.4 Å². The molecule has 3 rings (SSSR count). The molecule has 1 aliphatic heterocycles. The van der Waals surface area contributed by atoms with Gasteiger partial charge in [-0.25, -0.2) is 9.13 Å². The van der Waals surface area contributed by atoms with Gasteiger partial charge in [-0.3, -0.25) is 14.2 Å². The normalized spacial score (nSPS) is 20.2. The van der Waals surface area contributed by atoms with Crippen molar-refractivity contribution >= 4 is 26.4 Å². The molecule has 2 aromatic rings. The molecule has 160 valence electrons. The lowest BCUT2D eigenvalue weighted by molar-refractivity contribution is 0.130. The molecular formula is C17H24N2O8P2. The van der Waals surface area contributed by atoms with Crippen LogP contribution in [0.3, 0.4) is 0 Å². The van der Waals surface area contributed by atoms with Crippen LogP contribution in [0.25, 0.3) is 10.8 Å². The Morgan fingerprint density at radius 3 is 2.72 bits per heavy atom. The van der Waals surface area contributed by atoms with Crippen molar-refractivity contribution in [2.75, 3.05) is 19.7 Å². The number of fused-ring (bicyclic) bond motifs is 1. The van der Waals surface area contributed by atoms with Crippen molar-refractivity contribution in [3.8, 4) is 0 Å². The van der Waals surface area contributed by atoms with E-state index < -0.39 is 15.6 Å². The molecule has 2 heterocycles. The van der Waals surface area contributed by atoms with Crippen LogP contribution in [0.5, 0.6) is 0 Å². The Kier molecular flexibility index (Phi) is 6.77. The zero-order valence-corrected chi connectivity index (χ0v) is 17.6. The number of aromatic amines is 1. The standard InChI is InChI=1S/C17H24N2O8P2/c1-12-4-2-6-15-16(12)10-13(18-17(15)20)7-9-19-8-3-5-14(19)11-26-29(24,25)27-28(21,22)23/h2,4,6,10,14H,3,5,7-9,11H2,1H3,(H,18,20)(H,24,25)(H2,21,22,23). The second-order valence-electron chi connectivity index (χ2n) is 7.08. The highest BCUT2D eigenvalue weighted by Crippen LogP contribution is 2.57. The molecule has 1 fully saturated rings. The smallest absolute Gasteiger partial charge is 0.326 e. The number of benzene rings is 1. The van der Waals surface area contributed by atoms with Crippen molar-refractivity contribution in [2.45, 2.75) is 32.2 Å². The Balaban J connectivity index is 1.62. The first-order chi connectivity index (χ1) is 13.5. The molecule has 2 atom stereocenters. The zero-order chi connectivity index (χ0) is 21.2. The molecule has 29 heavy (non-hydrogen) atoms. The number of nitrogens with one attached hydrogen (secondary N) is 1. The number of aryl methyl sites for hydroxylation is 1. The van der Waals surface area contributed by atoms with Gasteiger partial charge in [-0.2, -0.15) is 4.31 Å². The average molecular weight is 446 g/mol. The summed E-state index contributed by atoms with van der Waals surface area (Å²) in [5.74, 6) is 0. The van der Waals surface area contributed by atoms with E-state index in [0.717, 1.165) is 29.6 Å². The van der Waals surface area contributed by atoms with Gasteiger partial charge in [0.15, 0.2) is 0 Å². The van der Waals surface area contributed by atoms with Gasteiger partial charge in [0.1, 0.15) is 0 Å². The maximum atomic E-state index is 12.3. The highest BCUT2D eigenvalue weighted by molar-refractivity contribution is 7.60. The predicted molar refractivity (Wildman–Crippen MR) is 107 cm³/mol. The minimum absolute atomic E-state index is 0.140. The number of likely N-dealkylation sites (tertiary alicyclic amines) is 1. The van der Waals surface area contributed by atoms with Crippen molar-refractivity contribution in [1.82, 2.24) is 9.88 Å². The minimum Gasteiger partial charge on any atom is -0.326 e. The van der Waals surface area contributed by atoms with Crippen molar-refractivity contribution < 1.29 is 32.6 Å². The van der Waals surface area contributed by atoms with Crippen LogP contribution < -0.4 is 5.56 Å². The highest BCUT2D eigenvalue weighted by Gasteiger charge is 2.34. The Labute approximate surface area is 167 Å². The minimum atomic E-state index is -5.13. The maximum absolute atomic E-state index is 12.3.